The van der Waals surface area contributed by atoms with Gasteiger partial charge in [0, 0.05) is 23.0 Å². The molecule has 3 rings (SSSR count). The van der Waals surface area contributed by atoms with Crippen LogP contribution in [-0.2, 0) is 0 Å². The van der Waals surface area contributed by atoms with Gasteiger partial charge in [-0.3, -0.25) is 4.98 Å². The normalized spacial score (nSPS) is 10.6. The van der Waals surface area contributed by atoms with Gasteiger partial charge in [-0.15, -0.1) is 5.10 Å². The number of halogens is 1. The number of rotatable bonds is 3. The third-order valence-electron chi connectivity index (χ3n) is 3.19. The lowest BCUT2D eigenvalue weighted by molar-refractivity contribution is 0.0691. The summed E-state index contributed by atoms with van der Waals surface area (Å²) in [6.07, 6.45) is 3.19. The summed E-state index contributed by atoms with van der Waals surface area (Å²) >= 11 is 5.97. The van der Waals surface area contributed by atoms with E-state index in [0.717, 1.165) is 5.56 Å². The van der Waals surface area contributed by atoms with Crippen molar-refractivity contribution in [1.82, 2.24) is 20.0 Å². The summed E-state index contributed by atoms with van der Waals surface area (Å²) in [6.45, 7) is 1.87. The largest absolute Gasteiger partial charge is 0.476 e. The number of benzene rings is 1. The molecule has 1 aromatic carbocycles. The molecule has 3 aromatic rings. The van der Waals surface area contributed by atoms with Crippen molar-refractivity contribution in [3.63, 3.8) is 0 Å². The number of hydrogen-bond donors (Lipinski definition) is 1. The van der Waals surface area contributed by atoms with Crippen molar-refractivity contribution >= 4 is 17.6 Å². The predicted molar refractivity (Wildman–Crippen MR) is 81.3 cm³/mol. The van der Waals surface area contributed by atoms with Crippen LogP contribution in [0.3, 0.4) is 0 Å². The SMILES string of the molecule is Cc1cc(Cl)ccc1-n1nnc(C(=O)O)c1-c1cccnc1. The fraction of sp³-hybridized carbons (Fsp3) is 0.0667. The molecular formula is C15H11ClN4O2. The van der Waals surface area contributed by atoms with Crippen molar-refractivity contribution in [2.75, 3.05) is 0 Å². The Balaban J connectivity index is 2.27. The topological polar surface area (TPSA) is 80.9 Å². The van der Waals surface area contributed by atoms with Gasteiger partial charge in [0.15, 0.2) is 5.69 Å². The van der Waals surface area contributed by atoms with Crippen LogP contribution < -0.4 is 0 Å². The van der Waals surface area contributed by atoms with Crippen molar-refractivity contribution in [1.29, 1.82) is 0 Å². The fourth-order valence-electron chi connectivity index (χ4n) is 2.21. The molecule has 0 radical (unpaired) electrons. The monoisotopic (exact) mass is 314 g/mol. The molecule has 0 bridgehead atoms. The highest BCUT2D eigenvalue weighted by Gasteiger charge is 2.22. The lowest BCUT2D eigenvalue weighted by Crippen LogP contribution is -2.04. The molecule has 2 heterocycles. The van der Waals surface area contributed by atoms with Crippen molar-refractivity contribution in [2.45, 2.75) is 6.92 Å². The smallest absolute Gasteiger partial charge is 0.358 e. The van der Waals surface area contributed by atoms with Gasteiger partial charge in [-0.25, -0.2) is 9.48 Å². The minimum Gasteiger partial charge on any atom is -0.476 e. The first kappa shape index (κ1) is 14.2. The van der Waals surface area contributed by atoms with Gasteiger partial charge in [0.2, 0.25) is 0 Å². The Kier molecular flexibility index (Phi) is 3.60. The number of pyridine rings is 1. The first-order chi connectivity index (χ1) is 10.6. The summed E-state index contributed by atoms with van der Waals surface area (Å²) in [5.74, 6) is -1.14. The van der Waals surface area contributed by atoms with Crippen LogP contribution in [0.5, 0.6) is 0 Å². The number of carbonyl (C=O) groups is 1. The molecule has 110 valence electrons. The molecule has 0 spiro atoms. The van der Waals surface area contributed by atoms with Crippen LogP contribution >= 0.6 is 11.6 Å². The molecule has 0 saturated carbocycles. The molecular weight excluding hydrogens is 304 g/mol. The van der Waals surface area contributed by atoms with E-state index in [9.17, 15) is 9.90 Å². The molecule has 22 heavy (non-hydrogen) atoms. The first-order valence-corrected chi connectivity index (χ1v) is 6.81. The molecule has 7 heteroatoms. The fourth-order valence-corrected chi connectivity index (χ4v) is 2.44. The third-order valence-corrected chi connectivity index (χ3v) is 3.43. The average Bonchev–Trinajstić information content (AvgIpc) is 2.93. The Hall–Kier alpha value is -2.73. The van der Waals surface area contributed by atoms with Gasteiger partial charge in [-0.05, 0) is 42.8 Å². The van der Waals surface area contributed by atoms with Crippen LogP contribution in [0.4, 0.5) is 0 Å². The number of hydrogen-bond acceptors (Lipinski definition) is 4. The van der Waals surface area contributed by atoms with Gasteiger partial charge in [-0.1, -0.05) is 16.8 Å². The van der Waals surface area contributed by atoms with Crippen LogP contribution in [0.1, 0.15) is 16.1 Å². The summed E-state index contributed by atoms with van der Waals surface area (Å²) in [5.41, 5.74) is 2.45. The van der Waals surface area contributed by atoms with Crippen molar-refractivity contribution in [3.8, 4) is 16.9 Å². The average molecular weight is 315 g/mol. The van der Waals surface area contributed by atoms with Crippen molar-refractivity contribution in [3.05, 3.63) is 59.0 Å². The zero-order valence-corrected chi connectivity index (χ0v) is 12.3. The second kappa shape index (κ2) is 5.57. The van der Waals surface area contributed by atoms with Gasteiger partial charge < -0.3 is 5.11 Å². The molecule has 0 fully saturated rings. The molecule has 6 nitrogen and oxygen atoms in total. The molecule has 0 atom stereocenters. The standard InChI is InChI=1S/C15H11ClN4O2/c1-9-7-11(16)4-5-12(9)20-14(10-3-2-6-17-8-10)13(15(21)22)18-19-20/h2-8H,1H3,(H,21,22). The highest BCUT2D eigenvalue weighted by atomic mass is 35.5. The van der Waals surface area contributed by atoms with E-state index in [-0.39, 0.29) is 5.69 Å². The zero-order valence-electron chi connectivity index (χ0n) is 11.6. The van der Waals surface area contributed by atoms with Crippen LogP contribution in [0, 0.1) is 6.92 Å². The second-order valence-electron chi connectivity index (χ2n) is 4.68. The lowest BCUT2D eigenvalue weighted by Gasteiger charge is -2.10. The van der Waals surface area contributed by atoms with Gasteiger partial charge in [0.25, 0.3) is 0 Å². The van der Waals surface area contributed by atoms with E-state index in [4.69, 9.17) is 11.6 Å². The van der Waals surface area contributed by atoms with Gasteiger partial charge in [0.05, 0.1) is 5.69 Å². The van der Waals surface area contributed by atoms with Crippen LogP contribution in [0.15, 0.2) is 42.7 Å². The zero-order chi connectivity index (χ0) is 15.7. The number of aromatic nitrogens is 4. The summed E-state index contributed by atoms with van der Waals surface area (Å²) in [6, 6.07) is 8.77. The van der Waals surface area contributed by atoms with E-state index in [0.29, 0.717) is 22.0 Å². The molecule has 0 aliphatic carbocycles. The number of nitrogens with zero attached hydrogens (tertiary/aromatic N) is 4. The maximum atomic E-state index is 11.4. The molecule has 0 unspecified atom stereocenters. The van der Waals surface area contributed by atoms with Gasteiger partial charge in [-0.2, -0.15) is 0 Å². The molecule has 2 aromatic heterocycles. The summed E-state index contributed by atoms with van der Waals surface area (Å²) in [5, 5.41) is 17.7. The molecule has 1 N–H and O–H groups in total. The summed E-state index contributed by atoms with van der Waals surface area (Å²) < 4.78 is 1.49. The number of aromatic carboxylic acids is 1. The minimum atomic E-state index is -1.14. The first-order valence-electron chi connectivity index (χ1n) is 6.44. The van der Waals surface area contributed by atoms with Crippen molar-refractivity contribution < 1.29 is 9.90 Å². The summed E-state index contributed by atoms with van der Waals surface area (Å²) in [4.78, 5) is 15.5. The number of aryl methyl sites for hydroxylation is 1. The Morgan fingerprint density at radius 1 is 1.32 bits per heavy atom. The van der Waals surface area contributed by atoms with Crippen LogP contribution in [0.25, 0.3) is 16.9 Å². The Morgan fingerprint density at radius 2 is 2.14 bits per heavy atom. The minimum absolute atomic E-state index is 0.123. The van der Waals surface area contributed by atoms with E-state index in [2.05, 4.69) is 15.3 Å². The Bertz CT molecular complexity index is 846. The molecule has 0 amide bonds. The highest BCUT2D eigenvalue weighted by molar-refractivity contribution is 6.30. The lowest BCUT2D eigenvalue weighted by atomic mass is 10.1. The van der Waals surface area contributed by atoms with Crippen LogP contribution in [0.2, 0.25) is 5.02 Å². The Morgan fingerprint density at radius 3 is 2.77 bits per heavy atom. The maximum Gasteiger partial charge on any atom is 0.358 e. The third kappa shape index (κ3) is 2.44. The molecule has 0 saturated heterocycles. The van der Waals surface area contributed by atoms with E-state index in [1.54, 1.807) is 42.7 Å². The maximum absolute atomic E-state index is 11.4. The number of carboxylic acids is 1. The molecule has 0 aliphatic rings. The Labute approximate surface area is 131 Å². The van der Waals surface area contributed by atoms with Crippen LogP contribution in [-0.4, -0.2) is 31.1 Å². The van der Waals surface area contributed by atoms with E-state index >= 15 is 0 Å². The van der Waals surface area contributed by atoms with Crippen molar-refractivity contribution in [2.24, 2.45) is 0 Å². The molecule has 0 aliphatic heterocycles. The van der Waals surface area contributed by atoms with E-state index in [1.165, 1.54) is 4.68 Å². The van der Waals surface area contributed by atoms with E-state index < -0.39 is 5.97 Å². The quantitative estimate of drug-likeness (QED) is 0.803. The number of carboxylic acid groups (broad SMARTS) is 1. The van der Waals surface area contributed by atoms with Gasteiger partial charge in [0.1, 0.15) is 5.69 Å². The van der Waals surface area contributed by atoms with E-state index in [1.807, 2.05) is 6.92 Å². The highest BCUT2D eigenvalue weighted by Crippen LogP contribution is 2.27. The second-order valence-corrected chi connectivity index (χ2v) is 5.11. The predicted octanol–water partition coefficient (Wildman–Crippen LogP) is 2.99. The summed E-state index contributed by atoms with van der Waals surface area (Å²) in [7, 11) is 0. The van der Waals surface area contributed by atoms with Gasteiger partial charge >= 0.3 is 5.97 Å².